The van der Waals surface area contributed by atoms with Crippen LogP contribution in [0.3, 0.4) is 0 Å². The summed E-state index contributed by atoms with van der Waals surface area (Å²) in [5.41, 5.74) is 4.50. The van der Waals surface area contributed by atoms with Gasteiger partial charge in [0.15, 0.2) is 0 Å². The number of carboxylic acids is 1. The molecule has 4 aromatic carbocycles. The number of carboxylic acid groups (broad SMARTS) is 1. The summed E-state index contributed by atoms with van der Waals surface area (Å²) in [4.78, 5) is 25.2. The molecular formula is C27H24N2O3. The van der Waals surface area contributed by atoms with Gasteiger partial charge in [0.25, 0.3) is 0 Å². The van der Waals surface area contributed by atoms with Gasteiger partial charge < -0.3 is 10.4 Å². The van der Waals surface area contributed by atoms with Gasteiger partial charge in [-0.05, 0) is 58.1 Å². The van der Waals surface area contributed by atoms with Crippen molar-refractivity contribution in [2.75, 3.05) is 17.3 Å². The van der Waals surface area contributed by atoms with E-state index in [1.165, 1.54) is 0 Å². The number of rotatable bonds is 6. The van der Waals surface area contributed by atoms with E-state index in [1.54, 1.807) is 11.9 Å². The van der Waals surface area contributed by atoms with Gasteiger partial charge in [0, 0.05) is 24.8 Å². The molecule has 0 spiro atoms. The first kappa shape index (κ1) is 21.1. The zero-order chi connectivity index (χ0) is 22.5. The maximum absolute atomic E-state index is 12.8. The quantitative estimate of drug-likeness (QED) is 0.388. The maximum Gasteiger partial charge on any atom is 0.326 e. The molecule has 5 heteroatoms. The number of amides is 2. The Labute approximate surface area is 186 Å². The first-order valence-corrected chi connectivity index (χ1v) is 10.4. The number of nitrogens with zero attached hydrogens (tertiary/aromatic N) is 1. The maximum atomic E-state index is 12.8. The van der Waals surface area contributed by atoms with Gasteiger partial charge >= 0.3 is 12.0 Å². The molecule has 0 atom stereocenters. The van der Waals surface area contributed by atoms with Crippen LogP contribution in [0.25, 0.3) is 21.9 Å². The van der Waals surface area contributed by atoms with Gasteiger partial charge in [0.2, 0.25) is 0 Å². The Balaban J connectivity index is 1.47. The molecule has 2 N–H and O–H groups in total. The Bertz CT molecular complexity index is 1270. The summed E-state index contributed by atoms with van der Waals surface area (Å²) in [7, 11) is 1.74. The predicted octanol–water partition coefficient (Wildman–Crippen LogP) is 6.19. The minimum absolute atomic E-state index is 0.117. The highest BCUT2D eigenvalue weighted by Crippen LogP contribution is 2.26. The first-order chi connectivity index (χ1) is 15.5. The first-order valence-electron chi connectivity index (χ1n) is 10.4. The van der Waals surface area contributed by atoms with E-state index in [9.17, 15) is 9.59 Å². The zero-order valence-corrected chi connectivity index (χ0v) is 17.8. The number of anilines is 2. The van der Waals surface area contributed by atoms with Crippen molar-refractivity contribution in [2.24, 2.45) is 0 Å². The number of fused-ring (bicyclic) bond motifs is 1. The van der Waals surface area contributed by atoms with Crippen molar-refractivity contribution in [3.63, 3.8) is 0 Å². The molecule has 0 radical (unpaired) electrons. The average molecular weight is 425 g/mol. The number of aliphatic carboxylic acids is 1. The molecule has 0 bridgehead atoms. The van der Waals surface area contributed by atoms with Gasteiger partial charge in [-0.1, -0.05) is 66.7 Å². The molecular weight excluding hydrogens is 400 g/mol. The highest BCUT2D eigenvalue weighted by molar-refractivity contribution is 6.02. The molecule has 0 aliphatic carbocycles. The lowest BCUT2D eigenvalue weighted by Gasteiger charge is -2.19. The Morgan fingerprint density at radius 1 is 0.812 bits per heavy atom. The summed E-state index contributed by atoms with van der Waals surface area (Å²) in [6.45, 7) is 0. The van der Waals surface area contributed by atoms with Crippen LogP contribution < -0.4 is 10.2 Å². The summed E-state index contributed by atoms with van der Waals surface area (Å²) in [6.07, 6.45) is 0.624. The van der Waals surface area contributed by atoms with Crippen molar-refractivity contribution in [3.05, 3.63) is 96.6 Å². The average Bonchev–Trinajstić information content (AvgIpc) is 2.82. The molecule has 2 amide bonds. The van der Waals surface area contributed by atoms with E-state index in [0.29, 0.717) is 6.42 Å². The fourth-order valence-corrected chi connectivity index (χ4v) is 3.60. The molecule has 0 unspecified atom stereocenters. The van der Waals surface area contributed by atoms with Gasteiger partial charge in [-0.25, -0.2) is 4.79 Å². The van der Waals surface area contributed by atoms with Gasteiger partial charge in [0.05, 0.1) is 0 Å². The summed E-state index contributed by atoms with van der Waals surface area (Å²) in [6, 6.07) is 29.3. The number of nitrogens with one attached hydrogen (secondary N) is 1. The highest BCUT2D eigenvalue weighted by atomic mass is 16.4. The fraction of sp³-hybridized carbons (Fsp3) is 0.111. The second-order valence-electron chi connectivity index (χ2n) is 7.69. The number of urea groups is 1. The molecule has 0 saturated heterocycles. The van der Waals surface area contributed by atoms with E-state index in [2.05, 4.69) is 5.32 Å². The van der Waals surface area contributed by atoms with E-state index in [0.717, 1.165) is 38.8 Å². The van der Waals surface area contributed by atoms with Crippen molar-refractivity contribution >= 4 is 34.1 Å². The highest BCUT2D eigenvalue weighted by Gasteiger charge is 2.12. The zero-order valence-electron chi connectivity index (χ0n) is 17.8. The van der Waals surface area contributed by atoms with Gasteiger partial charge in [0.1, 0.15) is 0 Å². The van der Waals surface area contributed by atoms with Crippen LogP contribution in [-0.2, 0) is 11.2 Å². The van der Waals surface area contributed by atoms with Crippen LogP contribution in [0, 0.1) is 0 Å². The Morgan fingerprint density at radius 2 is 1.56 bits per heavy atom. The Hall–Kier alpha value is -4.12. The van der Waals surface area contributed by atoms with Crippen LogP contribution in [0.5, 0.6) is 0 Å². The number of benzene rings is 4. The van der Waals surface area contributed by atoms with Gasteiger partial charge in [-0.3, -0.25) is 9.69 Å². The molecule has 32 heavy (non-hydrogen) atoms. The molecule has 5 nitrogen and oxygen atoms in total. The molecule has 4 rings (SSSR count). The smallest absolute Gasteiger partial charge is 0.326 e. The Morgan fingerprint density at radius 3 is 2.31 bits per heavy atom. The summed E-state index contributed by atoms with van der Waals surface area (Å²) < 4.78 is 0. The normalized spacial score (nSPS) is 10.7. The number of hydrogen-bond donors (Lipinski definition) is 2. The standard InChI is InChI=1S/C27H24N2O3/c1-29(27(32)28-24-15-14-20-5-2-3-6-22(20)17-24)25-8-4-7-23(18-25)21-12-9-19(10-13-21)11-16-26(30)31/h2-10,12-15,17-18H,11,16H2,1H3,(H,28,32)(H,30,31). The molecule has 0 aromatic heterocycles. The van der Waals surface area contributed by atoms with Crippen molar-refractivity contribution in [1.82, 2.24) is 0 Å². The van der Waals surface area contributed by atoms with E-state index in [1.807, 2.05) is 91.0 Å². The monoisotopic (exact) mass is 424 g/mol. The number of hydrogen-bond acceptors (Lipinski definition) is 2. The van der Waals surface area contributed by atoms with Crippen LogP contribution in [0.2, 0.25) is 0 Å². The van der Waals surface area contributed by atoms with Crippen molar-refractivity contribution in [1.29, 1.82) is 0 Å². The van der Waals surface area contributed by atoms with E-state index < -0.39 is 5.97 Å². The lowest BCUT2D eigenvalue weighted by atomic mass is 10.0. The second-order valence-corrected chi connectivity index (χ2v) is 7.69. The molecule has 0 aliphatic heterocycles. The lowest BCUT2D eigenvalue weighted by molar-refractivity contribution is -0.136. The third-order valence-electron chi connectivity index (χ3n) is 5.45. The predicted molar refractivity (Wildman–Crippen MR) is 129 cm³/mol. The molecule has 0 fully saturated rings. The van der Waals surface area contributed by atoms with E-state index in [-0.39, 0.29) is 12.5 Å². The van der Waals surface area contributed by atoms with Gasteiger partial charge in [-0.2, -0.15) is 0 Å². The van der Waals surface area contributed by atoms with Gasteiger partial charge in [-0.15, -0.1) is 0 Å². The summed E-state index contributed by atoms with van der Waals surface area (Å²) in [5, 5.41) is 14.0. The van der Waals surface area contributed by atoms with Crippen molar-refractivity contribution in [2.45, 2.75) is 12.8 Å². The lowest BCUT2D eigenvalue weighted by Crippen LogP contribution is -2.31. The fourth-order valence-electron chi connectivity index (χ4n) is 3.60. The largest absolute Gasteiger partial charge is 0.481 e. The Kier molecular flexibility index (Phi) is 6.17. The van der Waals surface area contributed by atoms with Crippen molar-refractivity contribution < 1.29 is 14.7 Å². The van der Waals surface area contributed by atoms with Crippen LogP contribution in [0.15, 0.2) is 91.0 Å². The van der Waals surface area contributed by atoms with Crippen molar-refractivity contribution in [3.8, 4) is 11.1 Å². The number of carbonyl (C=O) groups is 2. The number of aryl methyl sites for hydroxylation is 1. The van der Waals surface area contributed by atoms with Crippen LogP contribution >= 0.6 is 0 Å². The molecule has 0 heterocycles. The summed E-state index contributed by atoms with van der Waals surface area (Å²) in [5.74, 6) is -0.799. The molecule has 0 aliphatic rings. The number of carbonyl (C=O) groups excluding carboxylic acids is 1. The minimum Gasteiger partial charge on any atom is -0.481 e. The van der Waals surface area contributed by atoms with E-state index >= 15 is 0 Å². The van der Waals surface area contributed by atoms with Crippen LogP contribution in [-0.4, -0.2) is 24.2 Å². The third-order valence-corrected chi connectivity index (χ3v) is 5.45. The summed E-state index contributed by atoms with van der Waals surface area (Å²) >= 11 is 0. The van der Waals surface area contributed by atoms with E-state index in [4.69, 9.17) is 5.11 Å². The molecule has 160 valence electrons. The minimum atomic E-state index is -0.799. The van der Waals surface area contributed by atoms with Crippen LogP contribution in [0.4, 0.5) is 16.2 Å². The second kappa shape index (κ2) is 9.35. The third kappa shape index (κ3) is 4.95. The van der Waals surface area contributed by atoms with Crippen LogP contribution in [0.1, 0.15) is 12.0 Å². The molecule has 0 saturated carbocycles. The topological polar surface area (TPSA) is 69.6 Å². The molecule has 4 aromatic rings. The SMILES string of the molecule is CN(C(=O)Nc1ccc2ccccc2c1)c1cccc(-c2ccc(CCC(=O)O)cc2)c1.